The first-order valence-corrected chi connectivity index (χ1v) is 7.11. The summed E-state index contributed by atoms with van der Waals surface area (Å²) < 4.78 is 0. The number of pyridine rings is 1. The van der Waals surface area contributed by atoms with Crippen molar-refractivity contribution in [2.24, 2.45) is 5.92 Å². The lowest BCUT2D eigenvalue weighted by Gasteiger charge is -2.47. The van der Waals surface area contributed by atoms with Crippen LogP contribution in [0.25, 0.3) is 0 Å². The first kappa shape index (κ1) is 12.1. The van der Waals surface area contributed by atoms with Crippen molar-refractivity contribution >= 4 is 0 Å². The maximum Gasteiger partial charge on any atom is 0.0700 e. The van der Waals surface area contributed by atoms with Crippen LogP contribution in [0.15, 0.2) is 24.4 Å². The summed E-state index contributed by atoms with van der Waals surface area (Å²) in [6.45, 7) is 2.96. The van der Waals surface area contributed by atoms with Gasteiger partial charge in [0, 0.05) is 31.7 Å². The fourth-order valence-corrected chi connectivity index (χ4v) is 3.50. The van der Waals surface area contributed by atoms with E-state index in [0.717, 1.165) is 38.2 Å². The first-order valence-electron chi connectivity index (χ1n) is 7.11. The number of hydrogen-bond acceptors (Lipinski definition) is 3. The molecule has 1 saturated heterocycles. The Balaban J connectivity index is 1.63. The smallest absolute Gasteiger partial charge is 0.0700 e. The van der Waals surface area contributed by atoms with Crippen LogP contribution < -0.4 is 0 Å². The molecule has 98 valence electrons. The molecule has 18 heavy (non-hydrogen) atoms. The molecule has 0 amide bonds. The molecule has 0 spiro atoms. The van der Waals surface area contributed by atoms with E-state index in [4.69, 9.17) is 0 Å². The fourth-order valence-electron chi connectivity index (χ4n) is 3.50. The van der Waals surface area contributed by atoms with E-state index >= 15 is 0 Å². The lowest BCUT2D eigenvalue weighted by molar-refractivity contribution is -0.0969. The molecule has 0 bridgehead atoms. The van der Waals surface area contributed by atoms with Crippen molar-refractivity contribution in [2.75, 3.05) is 13.1 Å². The van der Waals surface area contributed by atoms with E-state index in [2.05, 4.69) is 16.0 Å². The van der Waals surface area contributed by atoms with E-state index in [1.54, 1.807) is 0 Å². The average Bonchev–Trinajstić information content (AvgIpc) is 2.40. The number of aliphatic hydroxyl groups is 1. The van der Waals surface area contributed by atoms with Gasteiger partial charge in [-0.2, -0.15) is 0 Å². The summed E-state index contributed by atoms with van der Waals surface area (Å²) >= 11 is 0. The second-order valence-corrected chi connectivity index (χ2v) is 5.85. The predicted octanol–water partition coefficient (Wildman–Crippen LogP) is 2.21. The van der Waals surface area contributed by atoms with Crippen LogP contribution in [-0.4, -0.2) is 33.7 Å². The van der Waals surface area contributed by atoms with Crippen LogP contribution in [0.5, 0.6) is 0 Å². The van der Waals surface area contributed by atoms with Crippen LogP contribution in [0.4, 0.5) is 0 Å². The molecule has 3 heteroatoms. The highest BCUT2D eigenvalue weighted by Crippen LogP contribution is 2.39. The number of aromatic nitrogens is 1. The molecule has 1 aromatic heterocycles. The van der Waals surface area contributed by atoms with Crippen LogP contribution in [0.2, 0.25) is 0 Å². The van der Waals surface area contributed by atoms with Crippen LogP contribution in [-0.2, 0) is 6.54 Å². The minimum atomic E-state index is -0.362. The zero-order chi connectivity index (χ0) is 12.4. The SMILES string of the molecule is OC12CCCCC1CN(Cc1ccccn1)CC2. The van der Waals surface area contributed by atoms with Gasteiger partial charge in [0.15, 0.2) is 0 Å². The van der Waals surface area contributed by atoms with Gasteiger partial charge >= 0.3 is 0 Å². The number of likely N-dealkylation sites (tertiary alicyclic amines) is 1. The van der Waals surface area contributed by atoms with Crippen molar-refractivity contribution in [1.29, 1.82) is 0 Å². The van der Waals surface area contributed by atoms with Crippen LogP contribution in [0.1, 0.15) is 37.8 Å². The average molecular weight is 246 g/mol. The minimum absolute atomic E-state index is 0.362. The molecule has 1 aromatic rings. The summed E-state index contributed by atoms with van der Waals surface area (Å²) in [5, 5.41) is 10.6. The lowest BCUT2D eigenvalue weighted by atomic mass is 9.71. The molecule has 2 fully saturated rings. The summed E-state index contributed by atoms with van der Waals surface area (Å²) in [6, 6.07) is 6.09. The third kappa shape index (κ3) is 2.43. The van der Waals surface area contributed by atoms with Gasteiger partial charge in [-0.25, -0.2) is 0 Å². The Hall–Kier alpha value is -0.930. The molecule has 2 unspecified atom stereocenters. The highest BCUT2D eigenvalue weighted by Gasteiger charge is 2.42. The lowest BCUT2D eigenvalue weighted by Crippen LogP contribution is -2.53. The second kappa shape index (κ2) is 4.98. The van der Waals surface area contributed by atoms with Crippen molar-refractivity contribution in [2.45, 2.75) is 44.2 Å². The summed E-state index contributed by atoms with van der Waals surface area (Å²) in [5.41, 5.74) is 0.775. The number of piperidine rings is 1. The summed E-state index contributed by atoms with van der Waals surface area (Å²) in [7, 11) is 0. The Morgan fingerprint density at radius 2 is 2.28 bits per heavy atom. The van der Waals surface area contributed by atoms with Crippen molar-refractivity contribution < 1.29 is 5.11 Å². The Kier molecular flexibility index (Phi) is 3.35. The third-order valence-electron chi connectivity index (χ3n) is 4.62. The van der Waals surface area contributed by atoms with Crippen molar-refractivity contribution in [3.05, 3.63) is 30.1 Å². The normalized spacial score (nSPS) is 33.1. The highest BCUT2D eigenvalue weighted by atomic mass is 16.3. The van der Waals surface area contributed by atoms with E-state index in [0.29, 0.717) is 5.92 Å². The van der Waals surface area contributed by atoms with Gasteiger partial charge in [-0.05, 0) is 31.4 Å². The summed E-state index contributed by atoms with van der Waals surface area (Å²) in [5.74, 6) is 0.476. The molecule has 0 aromatic carbocycles. The zero-order valence-electron chi connectivity index (χ0n) is 10.9. The third-order valence-corrected chi connectivity index (χ3v) is 4.62. The molecular weight excluding hydrogens is 224 g/mol. The monoisotopic (exact) mass is 246 g/mol. The molecule has 2 atom stereocenters. The highest BCUT2D eigenvalue weighted by molar-refractivity contribution is 5.04. The summed E-state index contributed by atoms with van der Waals surface area (Å²) in [4.78, 5) is 6.84. The van der Waals surface area contributed by atoms with E-state index < -0.39 is 0 Å². The van der Waals surface area contributed by atoms with Gasteiger partial charge in [-0.1, -0.05) is 18.9 Å². The largest absolute Gasteiger partial charge is 0.390 e. The van der Waals surface area contributed by atoms with E-state index in [9.17, 15) is 5.11 Å². The molecule has 1 aliphatic heterocycles. The maximum atomic E-state index is 10.6. The first-order chi connectivity index (χ1) is 8.76. The molecule has 2 aliphatic rings. The fraction of sp³-hybridized carbons (Fsp3) is 0.667. The van der Waals surface area contributed by atoms with Crippen LogP contribution in [0.3, 0.4) is 0 Å². The van der Waals surface area contributed by atoms with Crippen LogP contribution in [0, 0.1) is 5.92 Å². The molecule has 3 rings (SSSR count). The molecular formula is C15H22N2O. The molecule has 2 heterocycles. The number of rotatable bonds is 2. The predicted molar refractivity (Wildman–Crippen MR) is 71.0 cm³/mol. The van der Waals surface area contributed by atoms with Crippen molar-refractivity contribution in [3.8, 4) is 0 Å². The zero-order valence-corrected chi connectivity index (χ0v) is 10.9. The van der Waals surface area contributed by atoms with Gasteiger partial charge in [-0.15, -0.1) is 0 Å². The summed E-state index contributed by atoms with van der Waals surface area (Å²) in [6.07, 6.45) is 7.47. The standard InChI is InChI=1S/C15H22N2O/c18-15-7-3-1-5-13(15)11-17(10-8-15)12-14-6-2-4-9-16-14/h2,4,6,9,13,18H,1,3,5,7-8,10-12H2. The van der Waals surface area contributed by atoms with Gasteiger partial charge in [0.05, 0.1) is 11.3 Å². The minimum Gasteiger partial charge on any atom is -0.390 e. The van der Waals surface area contributed by atoms with E-state index in [-0.39, 0.29) is 5.60 Å². The topological polar surface area (TPSA) is 36.4 Å². The molecule has 0 radical (unpaired) electrons. The second-order valence-electron chi connectivity index (χ2n) is 5.85. The molecule has 1 saturated carbocycles. The Bertz CT molecular complexity index is 395. The van der Waals surface area contributed by atoms with Gasteiger partial charge in [-0.3, -0.25) is 9.88 Å². The molecule has 1 aliphatic carbocycles. The number of nitrogens with zero attached hydrogens (tertiary/aromatic N) is 2. The Labute approximate surface area is 109 Å². The van der Waals surface area contributed by atoms with E-state index in [1.165, 1.54) is 19.3 Å². The quantitative estimate of drug-likeness (QED) is 0.869. The van der Waals surface area contributed by atoms with Gasteiger partial charge in [0.2, 0.25) is 0 Å². The number of fused-ring (bicyclic) bond motifs is 1. The number of hydrogen-bond donors (Lipinski definition) is 1. The maximum absolute atomic E-state index is 10.6. The van der Waals surface area contributed by atoms with E-state index in [1.807, 2.05) is 18.3 Å². The Morgan fingerprint density at radius 3 is 3.11 bits per heavy atom. The van der Waals surface area contributed by atoms with Gasteiger partial charge in [0.25, 0.3) is 0 Å². The van der Waals surface area contributed by atoms with Gasteiger partial charge < -0.3 is 5.11 Å². The van der Waals surface area contributed by atoms with Gasteiger partial charge in [0.1, 0.15) is 0 Å². The molecule has 3 nitrogen and oxygen atoms in total. The Morgan fingerprint density at radius 1 is 1.33 bits per heavy atom. The molecule has 1 N–H and O–H groups in total. The van der Waals surface area contributed by atoms with Crippen molar-refractivity contribution in [3.63, 3.8) is 0 Å². The van der Waals surface area contributed by atoms with Crippen LogP contribution >= 0.6 is 0 Å². The van der Waals surface area contributed by atoms with Crippen molar-refractivity contribution in [1.82, 2.24) is 9.88 Å².